The van der Waals surface area contributed by atoms with Crippen LogP contribution in [0.3, 0.4) is 0 Å². The molecule has 1 aromatic heterocycles. The maximum absolute atomic E-state index is 11.6. The summed E-state index contributed by atoms with van der Waals surface area (Å²) in [5.41, 5.74) is 5.20. The first kappa shape index (κ1) is 12.1. The summed E-state index contributed by atoms with van der Waals surface area (Å²) >= 11 is 0. The summed E-state index contributed by atoms with van der Waals surface area (Å²) in [6, 6.07) is 1.38. The normalized spacial score (nSPS) is 16.3. The Bertz CT molecular complexity index is 410. The van der Waals surface area contributed by atoms with Crippen molar-refractivity contribution in [1.29, 1.82) is 0 Å². The van der Waals surface area contributed by atoms with E-state index in [1.807, 2.05) is 0 Å². The lowest BCUT2D eigenvalue weighted by Crippen LogP contribution is -2.26. The van der Waals surface area contributed by atoms with Gasteiger partial charge in [-0.3, -0.25) is 9.69 Å². The first-order valence-corrected chi connectivity index (χ1v) is 5.96. The number of nitrogens with two attached hydrogens (primary N) is 1. The first-order valence-electron chi connectivity index (χ1n) is 5.96. The van der Waals surface area contributed by atoms with E-state index in [-0.39, 0.29) is 17.7 Å². The summed E-state index contributed by atoms with van der Waals surface area (Å²) in [5, 5.41) is 0. The van der Waals surface area contributed by atoms with Gasteiger partial charge in [-0.25, -0.2) is 0 Å². The zero-order valence-electron chi connectivity index (χ0n) is 9.85. The van der Waals surface area contributed by atoms with E-state index in [9.17, 15) is 4.79 Å². The van der Waals surface area contributed by atoms with E-state index in [4.69, 9.17) is 14.9 Å². The molecule has 0 atom stereocenters. The van der Waals surface area contributed by atoms with E-state index in [1.165, 1.54) is 25.2 Å². The highest BCUT2D eigenvalue weighted by Gasteiger charge is 2.11. The summed E-state index contributed by atoms with van der Waals surface area (Å²) in [6.45, 7) is 3.86. The Kier molecular flexibility index (Phi) is 4.17. The van der Waals surface area contributed by atoms with Gasteiger partial charge in [0, 0.05) is 12.6 Å². The van der Waals surface area contributed by atoms with Crippen molar-refractivity contribution in [3.05, 3.63) is 28.3 Å². The summed E-state index contributed by atoms with van der Waals surface area (Å²) < 4.78 is 10.6. The second-order valence-electron chi connectivity index (χ2n) is 4.18. The van der Waals surface area contributed by atoms with E-state index in [0.29, 0.717) is 12.4 Å². The molecular weight excluding hydrogens is 220 g/mol. The molecule has 2 N–H and O–H groups in total. The molecule has 0 bridgehead atoms. The lowest BCUT2D eigenvalue weighted by Gasteiger charge is -2.14. The predicted octanol–water partition coefficient (Wildman–Crippen LogP) is 0.573. The van der Waals surface area contributed by atoms with Crippen LogP contribution in [0.15, 0.2) is 21.5 Å². The minimum atomic E-state index is -0.168. The maximum atomic E-state index is 11.6. The lowest BCUT2D eigenvalue weighted by molar-refractivity contribution is 0.231. The lowest BCUT2D eigenvalue weighted by atomic mass is 10.4. The Hall–Kier alpha value is -1.33. The van der Waals surface area contributed by atoms with Crippen LogP contribution in [0.5, 0.6) is 5.75 Å². The van der Waals surface area contributed by atoms with Crippen LogP contribution in [-0.2, 0) is 6.54 Å². The van der Waals surface area contributed by atoms with Crippen LogP contribution in [0.2, 0.25) is 0 Å². The average Bonchev–Trinajstić information content (AvgIpc) is 2.84. The first-order chi connectivity index (χ1) is 8.29. The molecule has 2 rings (SSSR count). The van der Waals surface area contributed by atoms with Gasteiger partial charge in [-0.1, -0.05) is 0 Å². The monoisotopic (exact) mass is 238 g/mol. The van der Waals surface area contributed by atoms with Crippen LogP contribution >= 0.6 is 0 Å². The summed E-state index contributed by atoms with van der Waals surface area (Å²) in [7, 11) is 0. The second-order valence-corrected chi connectivity index (χ2v) is 4.18. The van der Waals surface area contributed by atoms with E-state index in [2.05, 4.69) is 4.90 Å². The zero-order chi connectivity index (χ0) is 12.1. The highest BCUT2D eigenvalue weighted by atomic mass is 16.5. The molecule has 1 saturated heterocycles. The van der Waals surface area contributed by atoms with Crippen LogP contribution in [0.1, 0.15) is 18.6 Å². The quantitative estimate of drug-likeness (QED) is 0.812. The van der Waals surface area contributed by atoms with Gasteiger partial charge in [-0.05, 0) is 25.9 Å². The Balaban J connectivity index is 1.84. The minimum Gasteiger partial charge on any atom is -0.485 e. The van der Waals surface area contributed by atoms with Crippen molar-refractivity contribution < 1.29 is 9.15 Å². The summed E-state index contributed by atoms with van der Waals surface area (Å²) in [5.74, 6) is 0.739. The van der Waals surface area contributed by atoms with Gasteiger partial charge in [0.2, 0.25) is 11.2 Å². The third-order valence-electron chi connectivity index (χ3n) is 2.92. The summed E-state index contributed by atoms with van der Waals surface area (Å²) in [6.07, 6.45) is 3.86. The molecule has 5 heteroatoms. The molecular formula is C12H18N2O3. The smallest absolute Gasteiger partial charge is 0.227 e. The number of hydrogen-bond donors (Lipinski definition) is 1. The third-order valence-corrected chi connectivity index (χ3v) is 2.92. The van der Waals surface area contributed by atoms with Gasteiger partial charge in [-0.15, -0.1) is 0 Å². The largest absolute Gasteiger partial charge is 0.485 e. The zero-order valence-corrected chi connectivity index (χ0v) is 9.85. The fourth-order valence-corrected chi connectivity index (χ4v) is 1.94. The molecule has 0 saturated carbocycles. The highest BCUT2D eigenvalue weighted by molar-refractivity contribution is 5.17. The van der Waals surface area contributed by atoms with Gasteiger partial charge < -0.3 is 14.9 Å². The molecule has 1 aliphatic rings. The third kappa shape index (κ3) is 3.31. The second kappa shape index (κ2) is 5.84. The Labute approximate surface area is 100 Å². The standard InChI is InChI=1S/C12H18N2O3/c13-8-10-7-11(15)12(9-17-10)16-6-5-14-3-1-2-4-14/h7,9H,1-6,8,13H2. The highest BCUT2D eigenvalue weighted by Crippen LogP contribution is 2.08. The van der Waals surface area contributed by atoms with Crippen molar-refractivity contribution in [1.82, 2.24) is 4.90 Å². The van der Waals surface area contributed by atoms with Gasteiger partial charge in [0.05, 0.1) is 6.54 Å². The molecule has 17 heavy (non-hydrogen) atoms. The SMILES string of the molecule is NCc1cc(=O)c(OCCN2CCCC2)co1. The fourth-order valence-electron chi connectivity index (χ4n) is 1.94. The number of nitrogens with zero attached hydrogens (tertiary/aromatic N) is 1. The van der Waals surface area contributed by atoms with Crippen LogP contribution in [0.4, 0.5) is 0 Å². The molecule has 94 valence electrons. The van der Waals surface area contributed by atoms with Crippen molar-refractivity contribution in [3.8, 4) is 5.75 Å². The van der Waals surface area contributed by atoms with Gasteiger partial charge in [0.25, 0.3) is 0 Å². The van der Waals surface area contributed by atoms with Crippen LogP contribution in [-0.4, -0.2) is 31.1 Å². The molecule has 1 aromatic rings. The minimum absolute atomic E-state index is 0.168. The molecule has 0 unspecified atom stereocenters. The van der Waals surface area contributed by atoms with E-state index < -0.39 is 0 Å². The molecule has 0 amide bonds. The molecule has 0 radical (unpaired) electrons. The Morgan fingerprint density at radius 3 is 2.82 bits per heavy atom. The molecule has 0 aliphatic carbocycles. The molecule has 0 aromatic carbocycles. The van der Waals surface area contributed by atoms with Gasteiger partial charge in [0.15, 0.2) is 0 Å². The van der Waals surface area contributed by atoms with Crippen LogP contribution in [0, 0.1) is 0 Å². The van der Waals surface area contributed by atoms with Crippen molar-refractivity contribution in [2.24, 2.45) is 5.73 Å². The number of ether oxygens (including phenoxy) is 1. The maximum Gasteiger partial charge on any atom is 0.227 e. The van der Waals surface area contributed by atoms with Gasteiger partial charge in [-0.2, -0.15) is 0 Å². The van der Waals surface area contributed by atoms with E-state index >= 15 is 0 Å². The molecule has 1 aliphatic heterocycles. The van der Waals surface area contributed by atoms with E-state index in [0.717, 1.165) is 19.6 Å². The molecule has 2 heterocycles. The van der Waals surface area contributed by atoms with Gasteiger partial charge >= 0.3 is 0 Å². The fraction of sp³-hybridized carbons (Fsp3) is 0.583. The summed E-state index contributed by atoms with van der Waals surface area (Å²) in [4.78, 5) is 13.9. The topological polar surface area (TPSA) is 68.7 Å². The van der Waals surface area contributed by atoms with Crippen molar-refractivity contribution in [2.75, 3.05) is 26.2 Å². The average molecular weight is 238 g/mol. The Morgan fingerprint density at radius 1 is 1.41 bits per heavy atom. The number of likely N-dealkylation sites (tertiary alicyclic amines) is 1. The van der Waals surface area contributed by atoms with Crippen molar-refractivity contribution >= 4 is 0 Å². The molecule has 5 nitrogen and oxygen atoms in total. The van der Waals surface area contributed by atoms with Crippen LogP contribution in [0.25, 0.3) is 0 Å². The number of hydrogen-bond acceptors (Lipinski definition) is 5. The van der Waals surface area contributed by atoms with Gasteiger partial charge in [0.1, 0.15) is 18.6 Å². The van der Waals surface area contributed by atoms with E-state index in [1.54, 1.807) is 0 Å². The van der Waals surface area contributed by atoms with Crippen molar-refractivity contribution in [3.63, 3.8) is 0 Å². The Morgan fingerprint density at radius 2 is 2.18 bits per heavy atom. The van der Waals surface area contributed by atoms with Crippen LogP contribution < -0.4 is 15.9 Å². The molecule has 0 spiro atoms. The van der Waals surface area contributed by atoms with Crippen molar-refractivity contribution in [2.45, 2.75) is 19.4 Å². The number of rotatable bonds is 5. The molecule has 1 fully saturated rings. The predicted molar refractivity (Wildman–Crippen MR) is 64.0 cm³/mol.